The summed E-state index contributed by atoms with van der Waals surface area (Å²) in [6.07, 6.45) is -3.96. The molecule has 2 nitrogen and oxygen atoms in total. The highest BCUT2D eigenvalue weighted by molar-refractivity contribution is 5.83. The van der Waals surface area contributed by atoms with Crippen molar-refractivity contribution in [3.63, 3.8) is 0 Å². The molecule has 2 rings (SSSR count). The quantitative estimate of drug-likeness (QED) is 0.867. The van der Waals surface area contributed by atoms with Gasteiger partial charge < -0.3 is 5.32 Å². The van der Waals surface area contributed by atoms with E-state index in [4.69, 9.17) is 0 Å². The molecule has 6 heteroatoms. The molecule has 1 heterocycles. The van der Waals surface area contributed by atoms with Crippen molar-refractivity contribution in [3.8, 4) is 0 Å². The fourth-order valence-electron chi connectivity index (χ4n) is 2.47. The SMILES string of the molecule is O=C(Cc1c(F)cccc1C(F)(F)F)C1CCNCC1. The first-order valence-corrected chi connectivity index (χ1v) is 6.47. The lowest BCUT2D eigenvalue weighted by atomic mass is 9.88. The van der Waals surface area contributed by atoms with Crippen LogP contribution in [-0.4, -0.2) is 18.9 Å². The molecule has 0 spiro atoms. The number of Topliss-reactive ketones (excluding diaryl/α,β-unsaturated/α-hetero) is 1. The summed E-state index contributed by atoms with van der Waals surface area (Å²) >= 11 is 0. The van der Waals surface area contributed by atoms with Crippen molar-refractivity contribution >= 4 is 5.78 Å². The third-order valence-electron chi connectivity index (χ3n) is 3.57. The third-order valence-corrected chi connectivity index (χ3v) is 3.57. The maximum absolute atomic E-state index is 13.6. The zero-order valence-electron chi connectivity index (χ0n) is 10.8. The molecule has 20 heavy (non-hydrogen) atoms. The maximum Gasteiger partial charge on any atom is 0.416 e. The van der Waals surface area contributed by atoms with Gasteiger partial charge in [-0.1, -0.05) is 6.07 Å². The number of piperidine rings is 1. The van der Waals surface area contributed by atoms with Crippen LogP contribution in [0.4, 0.5) is 17.6 Å². The van der Waals surface area contributed by atoms with Crippen LogP contribution in [-0.2, 0) is 17.4 Å². The van der Waals surface area contributed by atoms with Crippen LogP contribution in [0.1, 0.15) is 24.0 Å². The van der Waals surface area contributed by atoms with Gasteiger partial charge in [0.2, 0.25) is 0 Å². The van der Waals surface area contributed by atoms with Gasteiger partial charge in [-0.15, -0.1) is 0 Å². The van der Waals surface area contributed by atoms with E-state index in [1.54, 1.807) is 0 Å². The second-order valence-electron chi connectivity index (χ2n) is 4.93. The van der Waals surface area contributed by atoms with Crippen LogP contribution in [0.15, 0.2) is 18.2 Å². The summed E-state index contributed by atoms with van der Waals surface area (Å²) in [7, 11) is 0. The number of hydrogen-bond acceptors (Lipinski definition) is 2. The van der Waals surface area contributed by atoms with Crippen molar-refractivity contribution < 1.29 is 22.4 Å². The minimum absolute atomic E-state index is 0.281. The second kappa shape index (κ2) is 5.91. The molecule has 0 aliphatic carbocycles. The molecule has 1 aromatic carbocycles. The Labute approximate surface area is 114 Å². The predicted molar refractivity (Wildman–Crippen MR) is 65.7 cm³/mol. The van der Waals surface area contributed by atoms with Crippen LogP contribution >= 0.6 is 0 Å². The average molecular weight is 289 g/mol. The summed E-state index contributed by atoms with van der Waals surface area (Å²) in [5.41, 5.74) is -1.59. The van der Waals surface area contributed by atoms with Crippen LogP contribution in [0.25, 0.3) is 0 Å². The van der Waals surface area contributed by atoms with Gasteiger partial charge in [0.1, 0.15) is 11.6 Å². The predicted octanol–water partition coefficient (Wildman–Crippen LogP) is 2.96. The fourth-order valence-corrected chi connectivity index (χ4v) is 2.47. The zero-order chi connectivity index (χ0) is 14.8. The highest BCUT2D eigenvalue weighted by Gasteiger charge is 2.35. The van der Waals surface area contributed by atoms with Crippen LogP contribution in [0.2, 0.25) is 0 Å². The molecule has 110 valence electrons. The first-order valence-electron chi connectivity index (χ1n) is 6.47. The summed E-state index contributed by atoms with van der Waals surface area (Å²) in [6.45, 7) is 1.33. The van der Waals surface area contributed by atoms with E-state index in [0.29, 0.717) is 25.9 Å². The van der Waals surface area contributed by atoms with E-state index in [0.717, 1.165) is 18.2 Å². The minimum Gasteiger partial charge on any atom is -0.317 e. The lowest BCUT2D eigenvalue weighted by Gasteiger charge is -2.22. The van der Waals surface area contributed by atoms with Crippen molar-refractivity contribution in [2.45, 2.75) is 25.4 Å². The normalized spacial score (nSPS) is 17.2. The van der Waals surface area contributed by atoms with Gasteiger partial charge in [0, 0.05) is 17.9 Å². The van der Waals surface area contributed by atoms with Crippen molar-refractivity contribution in [3.05, 3.63) is 35.1 Å². The molecule has 1 saturated heterocycles. The van der Waals surface area contributed by atoms with Crippen molar-refractivity contribution in [2.24, 2.45) is 5.92 Å². The lowest BCUT2D eigenvalue weighted by molar-refractivity contribution is -0.138. The topological polar surface area (TPSA) is 29.1 Å². The van der Waals surface area contributed by atoms with Crippen molar-refractivity contribution in [1.29, 1.82) is 0 Å². The number of hydrogen-bond donors (Lipinski definition) is 1. The average Bonchev–Trinajstić information content (AvgIpc) is 2.40. The first-order chi connectivity index (χ1) is 9.39. The summed E-state index contributed by atoms with van der Waals surface area (Å²) in [6, 6.07) is 2.78. The Morgan fingerprint density at radius 3 is 2.50 bits per heavy atom. The molecule has 0 aromatic heterocycles. The lowest BCUT2D eigenvalue weighted by Crippen LogP contribution is -2.32. The number of nitrogens with one attached hydrogen (secondary N) is 1. The van der Waals surface area contributed by atoms with E-state index in [1.165, 1.54) is 0 Å². The fraction of sp³-hybridized carbons (Fsp3) is 0.500. The van der Waals surface area contributed by atoms with Gasteiger partial charge in [-0.05, 0) is 38.1 Å². The molecular formula is C14H15F4NO. The Hall–Kier alpha value is -1.43. The monoisotopic (exact) mass is 289 g/mol. The number of carbonyl (C=O) groups is 1. The molecule has 0 amide bonds. The Bertz CT molecular complexity index is 492. The van der Waals surface area contributed by atoms with E-state index >= 15 is 0 Å². The summed E-state index contributed by atoms with van der Waals surface area (Å²) < 4.78 is 52.1. The van der Waals surface area contributed by atoms with Crippen molar-refractivity contribution in [2.75, 3.05) is 13.1 Å². The van der Waals surface area contributed by atoms with Gasteiger partial charge in [-0.2, -0.15) is 13.2 Å². The standard InChI is InChI=1S/C14H15F4NO/c15-12-3-1-2-11(14(16,17)18)10(12)8-13(20)9-4-6-19-7-5-9/h1-3,9,19H,4-8H2. The van der Waals surface area contributed by atoms with E-state index < -0.39 is 29.5 Å². The molecule has 0 unspecified atom stereocenters. The highest BCUT2D eigenvalue weighted by atomic mass is 19.4. The summed E-state index contributed by atoms with van der Waals surface area (Å²) in [5, 5.41) is 3.07. The highest BCUT2D eigenvalue weighted by Crippen LogP contribution is 2.33. The van der Waals surface area contributed by atoms with E-state index in [9.17, 15) is 22.4 Å². The number of benzene rings is 1. The number of alkyl halides is 3. The number of ketones is 1. The number of halogens is 4. The molecule has 0 atom stereocenters. The summed E-state index contributed by atoms with van der Waals surface area (Å²) in [4.78, 5) is 12.0. The molecule has 1 fully saturated rings. The Morgan fingerprint density at radius 2 is 1.90 bits per heavy atom. The largest absolute Gasteiger partial charge is 0.416 e. The van der Waals surface area contributed by atoms with Gasteiger partial charge in [0.15, 0.2) is 0 Å². The Kier molecular flexibility index (Phi) is 4.42. The number of carbonyl (C=O) groups excluding carboxylic acids is 1. The Balaban J connectivity index is 2.22. The third kappa shape index (κ3) is 3.36. The van der Waals surface area contributed by atoms with Crippen LogP contribution in [0.3, 0.4) is 0 Å². The van der Waals surface area contributed by atoms with Crippen LogP contribution in [0.5, 0.6) is 0 Å². The van der Waals surface area contributed by atoms with Crippen LogP contribution in [0, 0.1) is 11.7 Å². The maximum atomic E-state index is 13.6. The van der Waals surface area contributed by atoms with E-state index in [2.05, 4.69) is 5.32 Å². The van der Waals surface area contributed by atoms with Gasteiger partial charge in [-0.3, -0.25) is 4.79 Å². The van der Waals surface area contributed by atoms with E-state index in [1.807, 2.05) is 0 Å². The Morgan fingerprint density at radius 1 is 1.25 bits per heavy atom. The molecule has 0 bridgehead atoms. The van der Waals surface area contributed by atoms with Gasteiger partial charge in [0.25, 0.3) is 0 Å². The zero-order valence-corrected chi connectivity index (χ0v) is 10.8. The molecule has 1 aliphatic heterocycles. The first kappa shape index (κ1) is 15.0. The minimum atomic E-state index is -4.65. The van der Waals surface area contributed by atoms with Gasteiger partial charge in [0.05, 0.1) is 5.56 Å². The molecule has 0 saturated carbocycles. The van der Waals surface area contributed by atoms with Crippen molar-refractivity contribution in [1.82, 2.24) is 5.32 Å². The summed E-state index contributed by atoms with van der Waals surface area (Å²) in [5.74, 6) is -1.57. The molecule has 0 radical (unpaired) electrons. The molecule has 1 N–H and O–H groups in total. The van der Waals surface area contributed by atoms with E-state index in [-0.39, 0.29) is 11.7 Å². The van der Waals surface area contributed by atoms with Crippen LogP contribution < -0.4 is 5.32 Å². The van der Waals surface area contributed by atoms with Gasteiger partial charge in [-0.25, -0.2) is 4.39 Å². The number of rotatable bonds is 3. The second-order valence-corrected chi connectivity index (χ2v) is 4.93. The molecule has 1 aromatic rings. The smallest absolute Gasteiger partial charge is 0.317 e. The van der Waals surface area contributed by atoms with Gasteiger partial charge >= 0.3 is 6.18 Å². The molecular weight excluding hydrogens is 274 g/mol. The molecule has 1 aliphatic rings.